The Bertz CT molecular complexity index is 821. The number of aryl methyl sites for hydroxylation is 3. The quantitative estimate of drug-likeness (QED) is 0.729. The molecule has 3 nitrogen and oxygen atoms in total. The van der Waals surface area contributed by atoms with Crippen LogP contribution in [0.4, 0.5) is 0 Å². The van der Waals surface area contributed by atoms with Crippen molar-refractivity contribution in [1.29, 1.82) is 0 Å². The summed E-state index contributed by atoms with van der Waals surface area (Å²) in [7, 11) is -3.12. The lowest BCUT2D eigenvalue weighted by atomic mass is 9.77. The summed E-state index contributed by atoms with van der Waals surface area (Å²) < 4.78 is 24.8. The summed E-state index contributed by atoms with van der Waals surface area (Å²) >= 11 is 0. The van der Waals surface area contributed by atoms with Crippen molar-refractivity contribution in [1.82, 2.24) is 0 Å². The number of Topliss-reactive ketones (excluding diaryl/α,β-unsaturated/α-hetero) is 1. The lowest BCUT2D eigenvalue weighted by molar-refractivity contribution is -0.115. The van der Waals surface area contributed by atoms with Crippen molar-refractivity contribution in [2.24, 2.45) is 5.92 Å². The minimum Gasteiger partial charge on any atom is -0.294 e. The van der Waals surface area contributed by atoms with Crippen molar-refractivity contribution in [3.8, 4) is 0 Å². The summed E-state index contributed by atoms with van der Waals surface area (Å²) in [6, 6.07) is 4.25. The summed E-state index contributed by atoms with van der Waals surface area (Å²) in [4.78, 5) is 13.0. The van der Waals surface area contributed by atoms with E-state index in [4.69, 9.17) is 0 Å². The monoisotopic (exact) mass is 376 g/mol. The smallest absolute Gasteiger partial charge is 0.163 e. The van der Waals surface area contributed by atoms with E-state index in [1.165, 1.54) is 5.56 Å². The molecule has 0 aromatic heterocycles. The number of carbonyl (C=O) groups excluding carboxylic acids is 1. The number of rotatable bonds is 5. The van der Waals surface area contributed by atoms with E-state index in [2.05, 4.69) is 32.9 Å². The van der Waals surface area contributed by atoms with Crippen molar-refractivity contribution in [2.45, 2.75) is 78.2 Å². The van der Waals surface area contributed by atoms with Gasteiger partial charge in [0.2, 0.25) is 0 Å². The molecule has 0 amide bonds. The van der Waals surface area contributed by atoms with Crippen LogP contribution in [-0.4, -0.2) is 24.7 Å². The van der Waals surface area contributed by atoms with Crippen molar-refractivity contribution < 1.29 is 13.2 Å². The highest BCUT2D eigenvalue weighted by Crippen LogP contribution is 2.38. The third-order valence-corrected chi connectivity index (χ3v) is 8.21. The summed E-state index contributed by atoms with van der Waals surface area (Å²) in [5.41, 5.74) is 6.50. The van der Waals surface area contributed by atoms with Crippen molar-refractivity contribution >= 4 is 21.2 Å². The molecule has 0 fully saturated rings. The molecule has 0 aliphatic heterocycles. The molecule has 1 aliphatic rings. The van der Waals surface area contributed by atoms with Gasteiger partial charge in [0.1, 0.15) is 0 Å². The Morgan fingerprint density at radius 1 is 1.00 bits per heavy atom. The maximum atomic E-state index is 13.0. The van der Waals surface area contributed by atoms with Crippen molar-refractivity contribution in [2.75, 3.05) is 0 Å². The number of carbonyl (C=O) groups is 1. The molecule has 0 saturated heterocycles. The van der Waals surface area contributed by atoms with Gasteiger partial charge in [-0.2, -0.15) is 0 Å². The summed E-state index contributed by atoms with van der Waals surface area (Å²) in [5.74, 6) is 0.267. The fourth-order valence-electron chi connectivity index (χ4n) is 4.37. The van der Waals surface area contributed by atoms with E-state index in [0.29, 0.717) is 12.8 Å². The zero-order valence-electron chi connectivity index (χ0n) is 17.1. The molecule has 2 unspecified atom stereocenters. The first kappa shape index (κ1) is 20.9. The first-order valence-corrected chi connectivity index (χ1v) is 11.1. The molecule has 1 aromatic carbocycles. The summed E-state index contributed by atoms with van der Waals surface area (Å²) in [6.45, 7) is 13.5. The predicted molar refractivity (Wildman–Crippen MR) is 109 cm³/mol. The molecule has 144 valence electrons. The second kappa shape index (κ2) is 7.67. The topological polar surface area (TPSA) is 51.2 Å². The third kappa shape index (κ3) is 4.11. The fraction of sp³-hybridized carbons (Fsp3) is 0.591. The maximum Gasteiger partial charge on any atom is 0.163 e. The minimum atomic E-state index is -3.12. The third-order valence-electron chi connectivity index (χ3n) is 5.58. The van der Waals surface area contributed by atoms with E-state index < -0.39 is 15.1 Å². The highest BCUT2D eigenvalue weighted by molar-refractivity contribution is 7.92. The van der Waals surface area contributed by atoms with Crippen LogP contribution in [0.1, 0.15) is 69.2 Å². The molecule has 0 N–H and O–H groups in total. The van der Waals surface area contributed by atoms with E-state index >= 15 is 0 Å². The van der Waals surface area contributed by atoms with Crippen LogP contribution in [0.25, 0.3) is 5.57 Å². The van der Waals surface area contributed by atoms with Gasteiger partial charge in [0.25, 0.3) is 0 Å². The van der Waals surface area contributed by atoms with Crippen LogP contribution < -0.4 is 0 Å². The fourth-order valence-corrected chi connectivity index (χ4v) is 5.84. The molecule has 2 atom stereocenters. The first-order chi connectivity index (χ1) is 11.9. The molecule has 0 radical (unpaired) electrons. The molecule has 0 bridgehead atoms. The van der Waals surface area contributed by atoms with Gasteiger partial charge in [0, 0.05) is 12.0 Å². The van der Waals surface area contributed by atoms with E-state index in [0.717, 1.165) is 34.3 Å². The van der Waals surface area contributed by atoms with Gasteiger partial charge in [-0.05, 0) is 83.9 Å². The first-order valence-electron chi connectivity index (χ1n) is 9.49. The molecule has 0 spiro atoms. The van der Waals surface area contributed by atoms with E-state index in [-0.39, 0.29) is 17.0 Å². The maximum absolute atomic E-state index is 13.0. The SMILES string of the molecule is CC1=C(c2c(C)cc(C)cc2C)C(=O)CC(CC(C)S(=O)(=O)C(C)C)C1. The molecule has 0 saturated carbocycles. The average molecular weight is 377 g/mol. The largest absolute Gasteiger partial charge is 0.294 e. The molecule has 0 heterocycles. The zero-order chi connectivity index (χ0) is 19.8. The number of hydrogen-bond donors (Lipinski definition) is 0. The van der Waals surface area contributed by atoms with Crippen LogP contribution in [-0.2, 0) is 14.6 Å². The number of allylic oxidation sites excluding steroid dienone is 2. The Hall–Kier alpha value is -1.42. The highest BCUT2D eigenvalue weighted by Gasteiger charge is 2.32. The van der Waals surface area contributed by atoms with Gasteiger partial charge in [-0.3, -0.25) is 4.79 Å². The number of benzene rings is 1. The Morgan fingerprint density at radius 2 is 1.54 bits per heavy atom. The van der Waals surface area contributed by atoms with Gasteiger partial charge in [0.15, 0.2) is 15.6 Å². The van der Waals surface area contributed by atoms with E-state index in [9.17, 15) is 13.2 Å². The number of hydrogen-bond acceptors (Lipinski definition) is 3. The molecular formula is C22H32O3S. The van der Waals surface area contributed by atoms with Gasteiger partial charge < -0.3 is 0 Å². The summed E-state index contributed by atoms with van der Waals surface area (Å²) in [5, 5.41) is -0.778. The Balaban J connectivity index is 2.31. The Morgan fingerprint density at radius 3 is 2.00 bits per heavy atom. The standard InChI is InChI=1S/C22H32O3S/c1-13(2)26(24,25)18(7)11-19-10-17(6)22(20(23)12-19)21-15(4)8-14(3)9-16(21)5/h8-9,13,18-19H,10-12H2,1-7H3. The van der Waals surface area contributed by atoms with Gasteiger partial charge in [0.05, 0.1) is 10.5 Å². The Kier molecular flexibility index (Phi) is 6.17. The Labute approximate surface area is 158 Å². The molecule has 2 rings (SSSR count). The zero-order valence-corrected chi connectivity index (χ0v) is 18.0. The second-order valence-electron chi connectivity index (χ2n) is 8.31. The van der Waals surface area contributed by atoms with Gasteiger partial charge in [-0.25, -0.2) is 8.42 Å². The van der Waals surface area contributed by atoms with Crippen LogP contribution in [0, 0.1) is 26.7 Å². The van der Waals surface area contributed by atoms with Crippen molar-refractivity contribution in [3.63, 3.8) is 0 Å². The number of sulfone groups is 1. The van der Waals surface area contributed by atoms with Gasteiger partial charge in [-0.1, -0.05) is 23.3 Å². The molecule has 1 aromatic rings. The van der Waals surface area contributed by atoms with Crippen LogP contribution >= 0.6 is 0 Å². The van der Waals surface area contributed by atoms with Gasteiger partial charge in [-0.15, -0.1) is 0 Å². The van der Waals surface area contributed by atoms with Crippen molar-refractivity contribution in [3.05, 3.63) is 40.0 Å². The van der Waals surface area contributed by atoms with E-state index in [1.807, 2.05) is 6.92 Å². The minimum absolute atomic E-state index is 0.112. The highest BCUT2D eigenvalue weighted by atomic mass is 32.2. The average Bonchev–Trinajstić information content (AvgIpc) is 2.48. The van der Waals surface area contributed by atoms with Gasteiger partial charge >= 0.3 is 0 Å². The predicted octanol–water partition coefficient (Wildman–Crippen LogP) is 4.97. The van der Waals surface area contributed by atoms with Crippen LogP contribution in [0.5, 0.6) is 0 Å². The molecule has 1 aliphatic carbocycles. The molecule has 4 heteroatoms. The second-order valence-corrected chi connectivity index (χ2v) is 11.2. The summed E-state index contributed by atoms with van der Waals surface area (Å²) in [6.07, 6.45) is 1.80. The number of ketones is 1. The molecule has 26 heavy (non-hydrogen) atoms. The lowest BCUT2D eigenvalue weighted by Crippen LogP contribution is -2.30. The normalized spacial score (nSPS) is 20.0. The molecular weight excluding hydrogens is 344 g/mol. The van der Waals surface area contributed by atoms with Crippen LogP contribution in [0.15, 0.2) is 17.7 Å². The van der Waals surface area contributed by atoms with Crippen LogP contribution in [0.3, 0.4) is 0 Å². The van der Waals surface area contributed by atoms with Crippen LogP contribution in [0.2, 0.25) is 0 Å². The lowest BCUT2D eigenvalue weighted by Gasteiger charge is -2.29. The van der Waals surface area contributed by atoms with E-state index in [1.54, 1.807) is 20.8 Å².